The van der Waals surface area contributed by atoms with Gasteiger partial charge < -0.3 is 64.4 Å². The molecule has 0 fully saturated rings. The summed E-state index contributed by atoms with van der Waals surface area (Å²) in [6, 6.07) is -1.49. The van der Waals surface area contributed by atoms with Crippen LogP contribution in [0.15, 0.2) is 21.8 Å². The number of aromatic amines is 1. The van der Waals surface area contributed by atoms with Crippen molar-refractivity contribution in [3.63, 3.8) is 0 Å². The molecule has 0 saturated carbocycles. The number of amidine groups is 1. The molecule has 0 saturated heterocycles. The number of hydrogen-bond donors (Lipinski definition) is 5. The van der Waals surface area contributed by atoms with Gasteiger partial charge in [-0.15, -0.1) is 0 Å². The van der Waals surface area contributed by atoms with Crippen LogP contribution in [0.4, 0.5) is 9.59 Å². The number of aliphatic hydroxyl groups excluding tert-OH is 2. The number of esters is 3. The Kier molecular flexibility index (Phi) is 21.8. The number of likely N-dealkylation sites (N-methyl/N-ethyl adjacent to an activating group) is 1. The molecular formula is C35H58N6O15. The van der Waals surface area contributed by atoms with Crippen molar-refractivity contribution in [2.75, 3.05) is 48.6 Å². The number of rotatable bonds is 17. The zero-order valence-corrected chi connectivity index (χ0v) is 34.0. The smallest absolute Gasteiger partial charge is 0.410 e. The molecule has 1 aromatic heterocycles. The number of H-pyrrole nitrogens is 1. The number of nitrogens with zero attached hydrogens (tertiary/aromatic N) is 4. The minimum absolute atomic E-state index is 0.00417. The number of carbonyl (C=O) groups is 5. The first kappa shape index (κ1) is 50.6. The Bertz CT molecular complexity index is 1580. The van der Waals surface area contributed by atoms with Gasteiger partial charge in [0.2, 0.25) is 11.5 Å². The lowest BCUT2D eigenvalue weighted by atomic mass is 10.1. The molecule has 1 aromatic rings. The second kappa shape index (κ2) is 24.2. The number of methoxy groups -OCH3 is 3. The van der Waals surface area contributed by atoms with Crippen LogP contribution in [0, 0.1) is 0 Å². The third-order valence-corrected chi connectivity index (χ3v) is 7.10. The van der Waals surface area contributed by atoms with Crippen molar-refractivity contribution in [3.05, 3.63) is 33.7 Å². The summed E-state index contributed by atoms with van der Waals surface area (Å²) < 4.78 is 24.1. The molecule has 21 nitrogen and oxygen atoms in total. The van der Waals surface area contributed by atoms with E-state index in [9.17, 15) is 33.9 Å². The molecule has 2 amide bonds. The first-order valence-electron chi connectivity index (χ1n) is 17.4. The number of nitrogens with one attached hydrogen (secondary N) is 1. The predicted octanol–water partition coefficient (Wildman–Crippen LogP) is 2.24. The van der Waals surface area contributed by atoms with E-state index in [4.69, 9.17) is 30.3 Å². The minimum atomic E-state index is -0.978. The lowest BCUT2D eigenvalue weighted by molar-refractivity contribution is -0.142. The summed E-state index contributed by atoms with van der Waals surface area (Å²) in [6.07, 6.45) is 2.18. The number of aromatic nitrogens is 2. The molecule has 0 aliphatic rings. The average Bonchev–Trinajstić information content (AvgIpc) is 3.12. The Balaban J connectivity index is 0.00000108. The monoisotopic (exact) mass is 802 g/mol. The molecule has 6 N–H and O–H groups in total. The SMILES string of the molecule is COC(=O)C=C(ON=C(N)C(CCCCO)N(C)C(=O)OC(C)(C)C)C(=O)OC.COC(=O)c1nc(C(CCCCO)N(C)C(=O)OC(C)(C)C)[nH]c(=O)c1O. The van der Waals surface area contributed by atoms with E-state index in [-0.39, 0.29) is 24.9 Å². The Morgan fingerprint density at radius 2 is 1.36 bits per heavy atom. The first-order chi connectivity index (χ1) is 26.0. The average molecular weight is 803 g/mol. The van der Waals surface area contributed by atoms with E-state index in [2.05, 4.69) is 29.3 Å². The Morgan fingerprint density at radius 1 is 0.839 bits per heavy atom. The normalized spacial score (nSPS) is 12.9. The van der Waals surface area contributed by atoms with Crippen LogP contribution in [0.2, 0.25) is 0 Å². The van der Waals surface area contributed by atoms with Crippen molar-refractivity contribution in [3.8, 4) is 5.75 Å². The highest BCUT2D eigenvalue weighted by Crippen LogP contribution is 2.25. The van der Waals surface area contributed by atoms with Gasteiger partial charge in [0, 0.05) is 27.3 Å². The van der Waals surface area contributed by atoms with Gasteiger partial charge in [-0.25, -0.2) is 29.0 Å². The van der Waals surface area contributed by atoms with Crippen molar-refractivity contribution in [1.29, 1.82) is 0 Å². The molecule has 0 aromatic carbocycles. The van der Waals surface area contributed by atoms with Crippen LogP contribution in [-0.4, -0.2) is 137 Å². The molecule has 0 aliphatic heterocycles. The van der Waals surface area contributed by atoms with Crippen LogP contribution in [0.5, 0.6) is 5.75 Å². The highest BCUT2D eigenvalue weighted by molar-refractivity contribution is 5.95. The summed E-state index contributed by atoms with van der Waals surface area (Å²) in [5.74, 6) is -4.35. The molecule has 318 valence electrons. The number of amides is 2. The summed E-state index contributed by atoms with van der Waals surface area (Å²) in [6.45, 7) is 10.3. The standard InChI is InChI=1S/C18H31N3O8.C17H27N3O7/c1-18(2,3)28-17(25)21(4)12(9-7-8-10-22)15(19)20-29-13(16(24)27-6)11-14(23)26-5;1-17(2,3)27-16(25)20(4)10(8-6-7-9-21)13-18-11(15(24)26-5)12(22)14(23)19-13/h11-12,22H,7-10H2,1-6H3,(H2,19,20);10,21-22H,6-9H2,1-5H3,(H,18,19,23). The summed E-state index contributed by atoms with van der Waals surface area (Å²) in [5, 5.41) is 31.4. The highest BCUT2D eigenvalue weighted by Gasteiger charge is 2.31. The molecule has 1 heterocycles. The molecule has 0 radical (unpaired) electrons. The van der Waals surface area contributed by atoms with Crippen LogP contribution >= 0.6 is 0 Å². The number of ether oxygens (including phenoxy) is 5. The third kappa shape index (κ3) is 18.3. The van der Waals surface area contributed by atoms with Gasteiger partial charge in [-0.3, -0.25) is 4.79 Å². The number of unbranched alkanes of at least 4 members (excludes halogenated alkanes) is 2. The van der Waals surface area contributed by atoms with Crippen LogP contribution < -0.4 is 11.3 Å². The number of nitrogens with two attached hydrogens (primary N) is 1. The molecule has 0 bridgehead atoms. The maximum atomic E-state index is 12.4. The summed E-state index contributed by atoms with van der Waals surface area (Å²) in [7, 11) is 6.26. The number of oxime groups is 1. The highest BCUT2D eigenvalue weighted by atomic mass is 16.7. The summed E-state index contributed by atoms with van der Waals surface area (Å²) in [5.41, 5.74) is 3.06. The van der Waals surface area contributed by atoms with Crippen LogP contribution in [-0.2, 0) is 38.1 Å². The molecule has 0 spiro atoms. The van der Waals surface area contributed by atoms with Gasteiger partial charge in [0.05, 0.1) is 39.5 Å². The Morgan fingerprint density at radius 3 is 1.82 bits per heavy atom. The van der Waals surface area contributed by atoms with Crippen molar-refractivity contribution in [2.45, 2.75) is 103 Å². The molecule has 0 aliphatic carbocycles. The summed E-state index contributed by atoms with van der Waals surface area (Å²) >= 11 is 0. The molecular weight excluding hydrogens is 744 g/mol. The largest absolute Gasteiger partial charge is 0.501 e. The van der Waals surface area contributed by atoms with Crippen molar-refractivity contribution < 1.29 is 67.8 Å². The third-order valence-electron chi connectivity index (χ3n) is 7.10. The Hall–Kier alpha value is -5.44. The van der Waals surface area contributed by atoms with E-state index >= 15 is 0 Å². The lowest BCUT2D eigenvalue weighted by Gasteiger charge is -2.30. The second-order valence-corrected chi connectivity index (χ2v) is 13.9. The fraction of sp³-hybridized carbons (Fsp3) is 0.657. The quantitative estimate of drug-likeness (QED) is 0.0220. The molecule has 2 atom stereocenters. The van der Waals surface area contributed by atoms with Crippen LogP contribution in [0.1, 0.15) is 102 Å². The molecule has 21 heteroatoms. The molecule has 1 rings (SSSR count). The second-order valence-electron chi connectivity index (χ2n) is 13.9. The van der Waals surface area contributed by atoms with Gasteiger partial charge in [0.15, 0.2) is 11.5 Å². The zero-order valence-electron chi connectivity index (χ0n) is 34.0. The first-order valence-corrected chi connectivity index (χ1v) is 17.4. The molecule has 56 heavy (non-hydrogen) atoms. The predicted molar refractivity (Wildman–Crippen MR) is 199 cm³/mol. The van der Waals surface area contributed by atoms with Gasteiger partial charge in [0.25, 0.3) is 5.56 Å². The van der Waals surface area contributed by atoms with Gasteiger partial charge in [-0.1, -0.05) is 5.16 Å². The van der Waals surface area contributed by atoms with Gasteiger partial charge in [-0.05, 0) is 80.1 Å². The zero-order chi connectivity index (χ0) is 43.4. The van der Waals surface area contributed by atoms with E-state index in [1.54, 1.807) is 41.5 Å². The van der Waals surface area contributed by atoms with Crippen molar-refractivity contribution >= 4 is 35.9 Å². The number of carbonyl (C=O) groups excluding carboxylic acids is 5. The van der Waals surface area contributed by atoms with E-state index in [1.165, 1.54) is 23.9 Å². The van der Waals surface area contributed by atoms with Crippen molar-refractivity contribution in [2.24, 2.45) is 10.9 Å². The van der Waals surface area contributed by atoms with Gasteiger partial charge in [0.1, 0.15) is 17.0 Å². The van der Waals surface area contributed by atoms with Crippen molar-refractivity contribution in [1.82, 2.24) is 19.8 Å². The van der Waals surface area contributed by atoms with Crippen LogP contribution in [0.3, 0.4) is 0 Å². The van der Waals surface area contributed by atoms with Gasteiger partial charge in [-0.2, -0.15) is 0 Å². The Labute approximate surface area is 325 Å². The fourth-order valence-corrected chi connectivity index (χ4v) is 4.31. The maximum Gasteiger partial charge on any atom is 0.410 e. The minimum Gasteiger partial charge on any atom is -0.501 e. The lowest BCUT2D eigenvalue weighted by Crippen LogP contribution is -2.47. The van der Waals surface area contributed by atoms with E-state index in [1.807, 2.05) is 0 Å². The fourth-order valence-electron chi connectivity index (χ4n) is 4.31. The molecule has 2 unspecified atom stereocenters. The van der Waals surface area contributed by atoms with E-state index in [0.717, 1.165) is 27.4 Å². The van der Waals surface area contributed by atoms with E-state index in [0.29, 0.717) is 38.5 Å². The summed E-state index contributed by atoms with van der Waals surface area (Å²) in [4.78, 5) is 85.5. The van der Waals surface area contributed by atoms with E-state index < -0.39 is 76.1 Å². The topological polar surface area (TPSA) is 292 Å². The maximum absolute atomic E-state index is 12.4. The van der Waals surface area contributed by atoms with Crippen LogP contribution in [0.25, 0.3) is 0 Å². The number of hydrogen-bond acceptors (Lipinski definition) is 17. The number of aliphatic hydroxyl groups is 2. The number of aromatic hydroxyl groups is 1. The van der Waals surface area contributed by atoms with Gasteiger partial charge >= 0.3 is 30.1 Å².